The van der Waals surface area contributed by atoms with Crippen molar-refractivity contribution in [2.75, 3.05) is 5.32 Å². The van der Waals surface area contributed by atoms with Crippen molar-refractivity contribution in [1.29, 1.82) is 0 Å². The summed E-state index contributed by atoms with van der Waals surface area (Å²) < 4.78 is 28.0. The molecule has 1 fully saturated rings. The lowest BCUT2D eigenvalue weighted by Gasteiger charge is -2.10. The molecule has 0 unspecified atom stereocenters. The third-order valence-corrected chi connectivity index (χ3v) is 4.83. The smallest absolute Gasteiger partial charge is 0.292 e. The molecule has 28 heavy (non-hydrogen) atoms. The van der Waals surface area contributed by atoms with Gasteiger partial charge in [0.1, 0.15) is 0 Å². The number of fused-ring (bicyclic) bond motifs is 1. The molecule has 2 amide bonds. The molecule has 0 spiro atoms. The summed E-state index contributed by atoms with van der Waals surface area (Å²) in [7, 11) is 0. The molecule has 8 heteroatoms. The number of benzene rings is 1. The molecule has 3 aromatic rings. The van der Waals surface area contributed by atoms with Crippen molar-refractivity contribution in [3.05, 3.63) is 65.7 Å². The van der Waals surface area contributed by atoms with Crippen LogP contribution in [-0.4, -0.2) is 27.2 Å². The van der Waals surface area contributed by atoms with E-state index < -0.39 is 17.5 Å². The van der Waals surface area contributed by atoms with Gasteiger partial charge in [0.15, 0.2) is 17.3 Å². The number of carbonyl (C=O) groups excluding carboxylic acids is 2. The van der Waals surface area contributed by atoms with Gasteiger partial charge in [-0.1, -0.05) is 18.9 Å². The van der Waals surface area contributed by atoms with Gasteiger partial charge in [-0.25, -0.2) is 13.8 Å². The third kappa shape index (κ3) is 3.45. The molecule has 1 saturated carbocycles. The first-order chi connectivity index (χ1) is 13.5. The van der Waals surface area contributed by atoms with Crippen LogP contribution in [0.1, 0.15) is 46.8 Å². The molecule has 0 bridgehead atoms. The Kier molecular flexibility index (Phi) is 4.77. The predicted octanol–water partition coefficient (Wildman–Crippen LogP) is 3.54. The van der Waals surface area contributed by atoms with Crippen molar-refractivity contribution >= 4 is 23.0 Å². The number of anilines is 1. The minimum atomic E-state index is -1.07. The zero-order valence-electron chi connectivity index (χ0n) is 14.9. The van der Waals surface area contributed by atoms with Crippen LogP contribution in [0.15, 0.2) is 42.6 Å². The van der Waals surface area contributed by atoms with Crippen LogP contribution in [0.2, 0.25) is 0 Å². The van der Waals surface area contributed by atoms with Gasteiger partial charge in [-0.15, -0.1) is 0 Å². The minimum absolute atomic E-state index is 0.0168. The van der Waals surface area contributed by atoms with Crippen LogP contribution < -0.4 is 10.6 Å². The van der Waals surface area contributed by atoms with Gasteiger partial charge in [0, 0.05) is 24.0 Å². The number of nitrogens with one attached hydrogen (secondary N) is 2. The van der Waals surface area contributed by atoms with Gasteiger partial charge in [0.25, 0.3) is 11.8 Å². The van der Waals surface area contributed by atoms with E-state index in [1.807, 2.05) is 0 Å². The maximum Gasteiger partial charge on any atom is 0.292 e. The molecule has 1 aliphatic rings. The van der Waals surface area contributed by atoms with E-state index in [-0.39, 0.29) is 29.2 Å². The molecule has 144 valence electrons. The quantitative estimate of drug-likeness (QED) is 0.723. The van der Waals surface area contributed by atoms with Crippen LogP contribution >= 0.6 is 0 Å². The zero-order chi connectivity index (χ0) is 19.7. The molecule has 1 aromatic carbocycles. The molecular formula is C20H18F2N4O2. The van der Waals surface area contributed by atoms with Gasteiger partial charge in [0.2, 0.25) is 5.82 Å². The van der Waals surface area contributed by atoms with Crippen LogP contribution in [0.4, 0.5) is 14.5 Å². The second-order valence-electron chi connectivity index (χ2n) is 6.78. The number of carbonyl (C=O) groups is 2. The molecule has 2 N–H and O–H groups in total. The SMILES string of the molecule is O=C(NC1CCCC1)c1nc(C(=O)Nc2ccc(F)c(F)c2)n2ccccc12. The second-order valence-corrected chi connectivity index (χ2v) is 6.78. The Balaban J connectivity index is 1.64. The average Bonchev–Trinajstić information content (AvgIpc) is 3.32. The van der Waals surface area contributed by atoms with Crippen molar-refractivity contribution in [3.8, 4) is 0 Å². The molecular weight excluding hydrogens is 366 g/mol. The highest BCUT2D eigenvalue weighted by molar-refractivity contribution is 6.06. The highest BCUT2D eigenvalue weighted by Crippen LogP contribution is 2.20. The van der Waals surface area contributed by atoms with E-state index in [0.29, 0.717) is 5.52 Å². The highest BCUT2D eigenvalue weighted by Gasteiger charge is 2.24. The summed E-state index contributed by atoms with van der Waals surface area (Å²) >= 11 is 0. The van der Waals surface area contributed by atoms with Gasteiger partial charge < -0.3 is 10.6 Å². The fourth-order valence-electron chi connectivity index (χ4n) is 3.45. The standard InChI is InChI=1S/C20H18F2N4O2/c21-14-9-8-13(11-15(14)22)24-20(28)18-25-17(16-7-3-4-10-26(16)18)19(27)23-12-5-1-2-6-12/h3-4,7-12H,1-2,5-6H2,(H,23,27)(H,24,28). The third-order valence-electron chi connectivity index (χ3n) is 4.83. The van der Waals surface area contributed by atoms with Gasteiger partial charge in [-0.3, -0.25) is 14.0 Å². The first kappa shape index (κ1) is 18.1. The maximum atomic E-state index is 13.4. The number of aromatic nitrogens is 2. The molecule has 0 aliphatic heterocycles. The maximum absolute atomic E-state index is 13.4. The van der Waals surface area contributed by atoms with Gasteiger partial charge >= 0.3 is 0 Å². The summed E-state index contributed by atoms with van der Waals surface area (Å²) in [5.41, 5.74) is 0.741. The number of imidazole rings is 1. The lowest BCUT2D eigenvalue weighted by Crippen LogP contribution is -2.33. The average molecular weight is 384 g/mol. The molecule has 2 aromatic heterocycles. The monoisotopic (exact) mass is 384 g/mol. The topological polar surface area (TPSA) is 75.5 Å². The van der Waals surface area contributed by atoms with E-state index in [1.165, 1.54) is 10.5 Å². The lowest BCUT2D eigenvalue weighted by molar-refractivity contribution is 0.0935. The van der Waals surface area contributed by atoms with E-state index >= 15 is 0 Å². The first-order valence-electron chi connectivity index (χ1n) is 9.07. The van der Waals surface area contributed by atoms with Crippen LogP contribution in [0.25, 0.3) is 5.52 Å². The number of hydrogen-bond donors (Lipinski definition) is 2. The summed E-state index contributed by atoms with van der Waals surface area (Å²) in [5, 5.41) is 5.45. The number of nitrogens with zero attached hydrogens (tertiary/aromatic N) is 2. The van der Waals surface area contributed by atoms with E-state index in [0.717, 1.165) is 37.8 Å². The van der Waals surface area contributed by atoms with E-state index in [4.69, 9.17) is 0 Å². The van der Waals surface area contributed by atoms with Crippen molar-refractivity contribution in [2.45, 2.75) is 31.7 Å². The van der Waals surface area contributed by atoms with Crippen LogP contribution in [-0.2, 0) is 0 Å². The van der Waals surface area contributed by atoms with Crippen molar-refractivity contribution < 1.29 is 18.4 Å². The molecule has 2 heterocycles. The van der Waals surface area contributed by atoms with E-state index in [2.05, 4.69) is 15.6 Å². The molecule has 0 saturated heterocycles. The predicted molar refractivity (Wildman–Crippen MR) is 99.2 cm³/mol. The molecule has 0 radical (unpaired) electrons. The van der Waals surface area contributed by atoms with Gasteiger partial charge in [-0.05, 0) is 37.1 Å². The number of halogens is 2. The minimum Gasteiger partial charge on any atom is -0.348 e. The Bertz CT molecular complexity index is 1060. The van der Waals surface area contributed by atoms with Crippen LogP contribution in [0, 0.1) is 11.6 Å². The Morgan fingerprint density at radius 1 is 1.04 bits per heavy atom. The lowest BCUT2D eigenvalue weighted by atomic mass is 10.2. The molecule has 4 rings (SSSR count). The van der Waals surface area contributed by atoms with Gasteiger partial charge in [0.05, 0.1) is 5.52 Å². The number of hydrogen-bond acceptors (Lipinski definition) is 3. The highest BCUT2D eigenvalue weighted by atomic mass is 19.2. The number of amides is 2. The summed E-state index contributed by atoms with van der Waals surface area (Å²) in [6.07, 6.45) is 5.64. The fraction of sp³-hybridized carbons (Fsp3) is 0.250. The van der Waals surface area contributed by atoms with E-state index in [9.17, 15) is 18.4 Å². The Morgan fingerprint density at radius 3 is 2.57 bits per heavy atom. The van der Waals surface area contributed by atoms with E-state index in [1.54, 1.807) is 24.4 Å². The first-order valence-corrected chi connectivity index (χ1v) is 9.07. The Hall–Kier alpha value is -3.29. The normalized spacial score (nSPS) is 14.4. The Labute approximate surface area is 159 Å². The van der Waals surface area contributed by atoms with Crippen molar-refractivity contribution in [3.63, 3.8) is 0 Å². The summed E-state index contributed by atoms with van der Waals surface area (Å²) in [5.74, 6) is -3.05. The summed E-state index contributed by atoms with van der Waals surface area (Å²) in [6, 6.07) is 8.34. The zero-order valence-corrected chi connectivity index (χ0v) is 14.9. The molecule has 1 aliphatic carbocycles. The summed E-state index contributed by atoms with van der Waals surface area (Å²) in [6.45, 7) is 0. The van der Waals surface area contributed by atoms with Crippen LogP contribution in [0.5, 0.6) is 0 Å². The fourth-order valence-corrected chi connectivity index (χ4v) is 3.45. The van der Waals surface area contributed by atoms with Gasteiger partial charge in [-0.2, -0.15) is 0 Å². The number of rotatable bonds is 4. The van der Waals surface area contributed by atoms with Crippen molar-refractivity contribution in [2.24, 2.45) is 0 Å². The van der Waals surface area contributed by atoms with Crippen LogP contribution in [0.3, 0.4) is 0 Å². The Morgan fingerprint density at radius 2 is 1.82 bits per heavy atom. The number of pyridine rings is 1. The van der Waals surface area contributed by atoms with Crippen molar-refractivity contribution in [1.82, 2.24) is 14.7 Å². The second kappa shape index (κ2) is 7.38. The molecule has 0 atom stereocenters. The molecule has 6 nitrogen and oxygen atoms in total. The summed E-state index contributed by atoms with van der Waals surface area (Å²) in [4.78, 5) is 29.6. The largest absolute Gasteiger partial charge is 0.348 e.